The fourth-order valence-corrected chi connectivity index (χ4v) is 3.88. The lowest BCUT2D eigenvalue weighted by Crippen LogP contribution is -2.25. The average Bonchev–Trinajstić information content (AvgIpc) is 3.24. The minimum atomic E-state index is -0.0325. The number of aliphatic hydroxyl groups excluding tert-OH is 1. The summed E-state index contributed by atoms with van der Waals surface area (Å²) in [6.07, 6.45) is 3.40. The summed E-state index contributed by atoms with van der Waals surface area (Å²) in [4.78, 5) is 6.43. The van der Waals surface area contributed by atoms with Gasteiger partial charge in [0, 0.05) is 36.5 Å². The molecule has 5 nitrogen and oxygen atoms in total. The first-order valence-electron chi connectivity index (χ1n) is 10.2. The van der Waals surface area contributed by atoms with Gasteiger partial charge in [-0.15, -0.1) is 0 Å². The smallest absolute Gasteiger partial charge is 0.232 e. The van der Waals surface area contributed by atoms with Crippen molar-refractivity contribution < 1.29 is 14.6 Å². The molecule has 0 spiro atoms. The summed E-state index contributed by atoms with van der Waals surface area (Å²) in [5.41, 5.74) is 2.98. The minimum absolute atomic E-state index is 0.0191. The van der Waals surface area contributed by atoms with Gasteiger partial charge in [0.05, 0.1) is 13.2 Å². The standard InChI is InChI=1S/C24H25ClN2O3/c1-2-17-6-3-4-8-23(17)29-19-10-9-18(16-28)22(14-19)27-13-11-20(15-27)30-24-21(25)7-5-12-26-24/h3-10,12,14,20,28H,2,11,13,15-16H2,1H3. The molecule has 1 fully saturated rings. The van der Waals surface area contributed by atoms with Crippen molar-refractivity contribution in [3.05, 3.63) is 76.9 Å². The number of hydrogen-bond donors (Lipinski definition) is 1. The summed E-state index contributed by atoms with van der Waals surface area (Å²) in [5.74, 6) is 2.07. The van der Waals surface area contributed by atoms with Crippen LogP contribution in [0.15, 0.2) is 60.8 Å². The maximum atomic E-state index is 9.85. The van der Waals surface area contributed by atoms with Crippen LogP contribution in [0.25, 0.3) is 0 Å². The molecule has 0 bridgehead atoms. The number of halogens is 1. The van der Waals surface area contributed by atoms with Gasteiger partial charge < -0.3 is 19.5 Å². The lowest BCUT2D eigenvalue weighted by molar-refractivity contribution is 0.216. The highest BCUT2D eigenvalue weighted by atomic mass is 35.5. The Kier molecular flexibility index (Phi) is 6.41. The third-order valence-corrected chi connectivity index (χ3v) is 5.58. The van der Waals surface area contributed by atoms with Gasteiger partial charge in [0.1, 0.15) is 22.6 Å². The lowest BCUT2D eigenvalue weighted by Gasteiger charge is -2.23. The molecular weight excluding hydrogens is 400 g/mol. The Balaban J connectivity index is 1.52. The number of pyridine rings is 1. The van der Waals surface area contributed by atoms with E-state index in [0.29, 0.717) is 17.4 Å². The van der Waals surface area contributed by atoms with Crippen molar-refractivity contribution in [1.82, 2.24) is 4.98 Å². The first kappa shape index (κ1) is 20.5. The molecule has 2 aromatic carbocycles. The van der Waals surface area contributed by atoms with E-state index in [4.69, 9.17) is 21.1 Å². The topological polar surface area (TPSA) is 54.8 Å². The molecule has 1 aliphatic rings. The van der Waals surface area contributed by atoms with Crippen LogP contribution in [0.1, 0.15) is 24.5 Å². The number of aryl methyl sites for hydroxylation is 1. The summed E-state index contributed by atoms with van der Waals surface area (Å²) >= 11 is 6.18. The maximum Gasteiger partial charge on any atom is 0.232 e. The van der Waals surface area contributed by atoms with E-state index in [1.807, 2.05) is 36.4 Å². The third kappa shape index (κ3) is 4.53. The van der Waals surface area contributed by atoms with Crippen LogP contribution in [-0.4, -0.2) is 29.3 Å². The Morgan fingerprint density at radius 3 is 2.80 bits per heavy atom. The zero-order chi connectivity index (χ0) is 20.9. The summed E-state index contributed by atoms with van der Waals surface area (Å²) in [6, 6.07) is 17.4. The predicted octanol–water partition coefficient (Wildman–Crippen LogP) is 5.24. The number of hydrogen-bond acceptors (Lipinski definition) is 5. The van der Waals surface area contributed by atoms with Gasteiger partial charge in [-0.1, -0.05) is 42.8 Å². The lowest BCUT2D eigenvalue weighted by atomic mass is 10.1. The maximum absolute atomic E-state index is 9.85. The van der Waals surface area contributed by atoms with Crippen LogP contribution < -0.4 is 14.4 Å². The van der Waals surface area contributed by atoms with E-state index in [-0.39, 0.29) is 12.7 Å². The Morgan fingerprint density at radius 2 is 2.00 bits per heavy atom. The second-order valence-electron chi connectivity index (χ2n) is 7.28. The van der Waals surface area contributed by atoms with E-state index in [2.05, 4.69) is 22.9 Å². The number of nitrogens with zero attached hydrogens (tertiary/aromatic N) is 2. The number of aliphatic hydroxyl groups is 1. The molecule has 0 amide bonds. The highest BCUT2D eigenvalue weighted by Gasteiger charge is 2.27. The van der Waals surface area contributed by atoms with Crippen LogP contribution in [0.4, 0.5) is 5.69 Å². The summed E-state index contributed by atoms with van der Waals surface area (Å²) in [5, 5.41) is 10.4. The number of benzene rings is 2. The van der Waals surface area contributed by atoms with E-state index < -0.39 is 0 Å². The number of para-hydroxylation sites is 1. The van der Waals surface area contributed by atoms with Gasteiger partial charge in [-0.3, -0.25) is 0 Å². The fraction of sp³-hybridized carbons (Fsp3) is 0.292. The summed E-state index contributed by atoms with van der Waals surface area (Å²) in [6.45, 7) is 3.59. The van der Waals surface area contributed by atoms with E-state index in [1.165, 1.54) is 0 Å². The molecule has 1 saturated heterocycles. The summed E-state index contributed by atoms with van der Waals surface area (Å²) < 4.78 is 12.2. The van der Waals surface area contributed by atoms with Crippen LogP contribution in [0, 0.1) is 0 Å². The quantitative estimate of drug-likeness (QED) is 0.562. The molecule has 1 N–H and O–H groups in total. The predicted molar refractivity (Wildman–Crippen MR) is 119 cm³/mol. The monoisotopic (exact) mass is 424 g/mol. The zero-order valence-corrected chi connectivity index (χ0v) is 17.7. The fourth-order valence-electron chi connectivity index (χ4n) is 3.72. The van der Waals surface area contributed by atoms with Crippen molar-refractivity contribution in [3.8, 4) is 17.4 Å². The van der Waals surface area contributed by atoms with E-state index in [0.717, 1.165) is 47.7 Å². The van der Waals surface area contributed by atoms with Gasteiger partial charge in [0.15, 0.2) is 0 Å². The van der Waals surface area contributed by atoms with Crippen molar-refractivity contribution in [2.75, 3.05) is 18.0 Å². The first-order valence-corrected chi connectivity index (χ1v) is 10.6. The largest absolute Gasteiger partial charge is 0.471 e. The Labute approximate surface area is 181 Å². The number of aromatic nitrogens is 1. The zero-order valence-electron chi connectivity index (χ0n) is 16.9. The Bertz CT molecular complexity index is 1010. The third-order valence-electron chi connectivity index (χ3n) is 5.30. The molecule has 1 atom stereocenters. The van der Waals surface area contributed by atoms with Crippen LogP contribution in [0.2, 0.25) is 5.02 Å². The highest BCUT2D eigenvalue weighted by molar-refractivity contribution is 6.31. The molecule has 4 rings (SSSR count). The van der Waals surface area contributed by atoms with Crippen molar-refractivity contribution >= 4 is 17.3 Å². The molecule has 30 heavy (non-hydrogen) atoms. The SMILES string of the molecule is CCc1ccccc1Oc1ccc(CO)c(N2CCC(Oc3ncccc3Cl)C2)c1. The summed E-state index contributed by atoms with van der Waals surface area (Å²) in [7, 11) is 0. The average molecular weight is 425 g/mol. The van der Waals surface area contributed by atoms with E-state index in [9.17, 15) is 5.11 Å². The molecular formula is C24H25ClN2O3. The van der Waals surface area contributed by atoms with Crippen LogP contribution >= 0.6 is 11.6 Å². The Hall–Kier alpha value is -2.76. The molecule has 3 aromatic rings. The number of rotatable bonds is 7. The highest BCUT2D eigenvalue weighted by Crippen LogP contribution is 2.33. The molecule has 156 valence electrons. The first-order chi connectivity index (χ1) is 14.7. The van der Waals surface area contributed by atoms with Crippen LogP contribution in [-0.2, 0) is 13.0 Å². The Morgan fingerprint density at radius 1 is 1.13 bits per heavy atom. The minimum Gasteiger partial charge on any atom is -0.471 e. The van der Waals surface area contributed by atoms with Crippen molar-refractivity contribution in [2.45, 2.75) is 32.5 Å². The van der Waals surface area contributed by atoms with Crippen molar-refractivity contribution in [1.29, 1.82) is 0 Å². The molecule has 1 aromatic heterocycles. The van der Waals surface area contributed by atoms with Crippen LogP contribution in [0.5, 0.6) is 17.4 Å². The van der Waals surface area contributed by atoms with Crippen molar-refractivity contribution in [2.24, 2.45) is 0 Å². The second kappa shape index (κ2) is 9.37. The van der Waals surface area contributed by atoms with E-state index in [1.54, 1.807) is 18.3 Å². The van der Waals surface area contributed by atoms with Gasteiger partial charge in [0.2, 0.25) is 5.88 Å². The van der Waals surface area contributed by atoms with Crippen molar-refractivity contribution in [3.63, 3.8) is 0 Å². The van der Waals surface area contributed by atoms with Gasteiger partial charge >= 0.3 is 0 Å². The van der Waals surface area contributed by atoms with Gasteiger partial charge in [0.25, 0.3) is 0 Å². The molecule has 0 radical (unpaired) electrons. The molecule has 2 heterocycles. The van der Waals surface area contributed by atoms with E-state index >= 15 is 0 Å². The molecule has 1 unspecified atom stereocenters. The second-order valence-corrected chi connectivity index (χ2v) is 7.68. The number of ether oxygens (including phenoxy) is 2. The number of anilines is 1. The molecule has 1 aliphatic heterocycles. The molecule has 6 heteroatoms. The molecule has 0 saturated carbocycles. The molecule has 0 aliphatic carbocycles. The van der Waals surface area contributed by atoms with Crippen LogP contribution in [0.3, 0.4) is 0 Å². The normalized spacial score (nSPS) is 16.0. The van der Waals surface area contributed by atoms with Gasteiger partial charge in [-0.2, -0.15) is 0 Å². The van der Waals surface area contributed by atoms with Gasteiger partial charge in [-0.25, -0.2) is 4.98 Å². The van der Waals surface area contributed by atoms with Gasteiger partial charge in [-0.05, 0) is 36.2 Å².